The maximum absolute atomic E-state index is 10.8. The molecule has 0 radical (unpaired) electrons. The zero-order valence-corrected chi connectivity index (χ0v) is 13.8. The second-order valence-corrected chi connectivity index (χ2v) is 5.85. The fourth-order valence-corrected chi connectivity index (χ4v) is 2.32. The Hall–Kier alpha value is -1.08. The molecule has 0 fully saturated rings. The van der Waals surface area contributed by atoms with Gasteiger partial charge in [-0.25, -0.2) is 0 Å². The number of aliphatic hydroxyl groups excluding tert-OH is 2. The fraction of sp³-hybridized carbons (Fsp3) is 0.562. The van der Waals surface area contributed by atoms with Crippen LogP contribution < -0.4 is 4.74 Å². The number of hydrogen-bond donors (Lipinski definition) is 3. The van der Waals surface area contributed by atoms with Crippen molar-refractivity contribution in [2.75, 3.05) is 7.11 Å². The van der Waals surface area contributed by atoms with Crippen LogP contribution in [-0.4, -0.2) is 40.8 Å². The number of hydrogen-bond acceptors (Lipinski definition) is 5. The highest BCUT2D eigenvalue weighted by molar-refractivity contribution is 7.96. The molecule has 0 saturated heterocycles. The third kappa shape index (κ3) is 7.79. The number of benzene rings is 1. The van der Waals surface area contributed by atoms with Gasteiger partial charge in [-0.2, -0.15) is 0 Å². The largest absolute Gasteiger partial charge is 0.497 e. The smallest absolute Gasteiger partial charge is 0.188 e. The normalized spacial score (nSPS) is 15.1. The number of carbonyl (C=O) groups excluding carboxylic acids is 1. The van der Waals surface area contributed by atoms with Gasteiger partial charge in [-0.1, -0.05) is 12.1 Å². The predicted octanol–water partition coefficient (Wildman–Crippen LogP) is 1.95. The van der Waals surface area contributed by atoms with Crippen LogP contribution in [0.5, 0.6) is 5.75 Å². The fourth-order valence-electron chi connectivity index (χ4n) is 2.11. The lowest BCUT2D eigenvalue weighted by molar-refractivity contribution is -0.112. The van der Waals surface area contributed by atoms with Crippen LogP contribution in [0.2, 0.25) is 0 Å². The first-order chi connectivity index (χ1) is 10.4. The van der Waals surface area contributed by atoms with Gasteiger partial charge >= 0.3 is 0 Å². The van der Waals surface area contributed by atoms with Crippen molar-refractivity contribution in [2.24, 2.45) is 0 Å². The summed E-state index contributed by atoms with van der Waals surface area (Å²) in [5, 5.41) is 19.1. The molecule has 0 aliphatic carbocycles. The highest BCUT2D eigenvalue weighted by atomic mass is 32.1. The molecule has 1 aromatic rings. The number of methoxy groups -OCH3 is 1. The summed E-state index contributed by atoms with van der Waals surface area (Å²) >= 11 is 3.60. The van der Waals surface area contributed by atoms with E-state index in [4.69, 9.17) is 9.47 Å². The molecule has 0 aromatic heterocycles. The molecule has 0 amide bonds. The molecule has 1 aromatic carbocycles. The van der Waals surface area contributed by atoms with Crippen molar-refractivity contribution in [2.45, 2.75) is 51.1 Å². The van der Waals surface area contributed by atoms with Crippen molar-refractivity contribution in [1.29, 1.82) is 0 Å². The van der Waals surface area contributed by atoms with Crippen molar-refractivity contribution in [3.63, 3.8) is 0 Å². The molecule has 1 rings (SSSR count). The van der Waals surface area contributed by atoms with Crippen LogP contribution in [-0.2, 0) is 16.1 Å². The SMILES string of the molecule is COc1ccc(COC(C)CC(O)CC(O)CC(=O)S)cc1. The van der Waals surface area contributed by atoms with Crippen LogP contribution in [0.25, 0.3) is 0 Å². The first-order valence-corrected chi connectivity index (χ1v) is 7.68. The van der Waals surface area contributed by atoms with E-state index >= 15 is 0 Å². The topological polar surface area (TPSA) is 76.0 Å². The predicted molar refractivity (Wildman–Crippen MR) is 87.1 cm³/mol. The van der Waals surface area contributed by atoms with Crippen molar-refractivity contribution < 1.29 is 24.5 Å². The van der Waals surface area contributed by atoms with E-state index in [1.807, 2.05) is 31.2 Å². The van der Waals surface area contributed by atoms with E-state index in [0.717, 1.165) is 11.3 Å². The summed E-state index contributed by atoms with van der Waals surface area (Å²) in [6.45, 7) is 2.30. The summed E-state index contributed by atoms with van der Waals surface area (Å²) in [6, 6.07) is 7.57. The first kappa shape index (κ1) is 19.0. The lowest BCUT2D eigenvalue weighted by Crippen LogP contribution is -2.24. The number of ether oxygens (including phenoxy) is 2. The lowest BCUT2D eigenvalue weighted by atomic mass is 10.0. The minimum Gasteiger partial charge on any atom is -0.497 e. The highest BCUT2D eigenvalue weighted by Gasteiger charge is 2.17. The molecule has 0 saturated carbocycles. The summed E-state index contributed by atoms with van der Waals surface area (Å²) in [5.74, 6) is 0.792. The van der Waals surface area contributed by atoms with Gasteiger partial charge in [0.2, 0.25) is 0 Å². The molecule has 0 aliphatic heterocycles. The third-order valence-corrected chi connectivity index (χ3v) is 3.43. The molecular formula is C16H24O5S. The van der Waals surface area contributed by atoms with Crippen LogP contribution in [0, 0.1) is 0 Å². The monoisotopic (exact) mass is 328 g/mol. The van der Waals surface area contributed by atoms with Crippen LogP contribution in [0.1, 0.15) is 31.7 Å². The van der Waals surface area contributed by atoms with Crippen molar-refractivity contribution in [1.82, 2.24) is 0 Å². The molecule has 3 unspecified atom stereocenters. The van der Waals surface area contributed by atoms with Gasteiger partial charge in [-0.3, -0.25) is 4.79 Å². The van der Waals surface area contributed by atoms with Gasteiger partial charge in [0.25, 0.3) is 0 Å². The van der Waals surface area contributed by atoms with E-state index in [-0.39, 0.29) is 24.1 Å². The van der Waals surface area contributed by atoms with E-state index in [1.54, 1.807) is 7.11 Å². The van der Waals surface area contributed by atoms with E-state index in [2.05, 4.69) is 12.6 Å². The number of rotatable bonds is 10. The summed E-state index contributed by atoms with van der Waals surface area (Å²) in [4.78, 5) is 10.8. The van der Waals surface area contributed by atoms with Crippen LogP contribution in [0.3, 0.4) is 0 Å². The summed E-state index contributed by atoms with van der Waals surface area (Å²) in [6.07, 6.45) is -1.25. The third-order valence-electron chi connectivity index (χ3n) is 3.25. The average molecular weight is 328 g/mol. The minimum atomic E-state index is -0.867. The van der Waals surface area contributed by atoms with Crippen LogP contribution >= 0.6 is 12.6 Å². The maximum atomic E-state index is 10.8. The van der Waals surface area contributed by atoms with Crippen LogP contribution in [0.4, 0.5) is 0 Å². The highest BCUT2D eigenvalue weighted by Crippen LogP contribution is 2.15. The Bertz CT molecular complexity index is 448. The Labute approximate surface area is 136 Å². The van der Waals surface area contributed by atoms with Gasteiger partial charge in [0, 0.05) is 6.42 Å². The molecule has 2 N–H and O–H groups in total. The van der Waals surface area contributed by atoms with Crippen molar-refractivity contribution in [3.8, 4) is 5.75 Å². The summed E-state index contributed by atoms with van der Waals surface area (Å²) < 4.78 is 10.8. The van der Waals surface area contributed by atoms with Gasteiger partial charge in [0.15, 0.2) is 5.12 Å². The second-order valence-electron chi connectivity index (χ2n) is 5.35. The molecule has 0 aliphatic rings. The Morgan fingerprint density at radius 3 is 2.36 bits per heavy atom. The van der Waals surface area contributed by atoms with E-state index in [9.17, 15) is 15.0 Å². The van der Waals surface area contributed by atoms with Gasteiger partial charge in [-0.05, 0) is 37.5 Å². The average Bonchev–Trinajstić information content (AvgIpc) is 2.44. The van der Waals surface area contributed by atoms with Gasteiger partial charge in [0.05, 0.1) is 32.0 Å². The summed E-state index contributed by atoms with van der Waals surface area (Å²) in [5.41, 5.74) is 1.02. The summed E-state index contributed by atoms with van der Waals surface area (Å²) in [7, 11) is 1.62. The van der Waals surface area contributed by atoms with E-state index < -0.39 is 12.2 Å². The zero-order valence-electron chi connectivity index (χ0n) is 12.9. The van der Waals surface area contributed by atoms with Crippen molar-refractivity contribution >= 4 is 17.7 Å². The minimum absolute atomic E-state index is 0.0543. The Balaban J connectivity index is 2.29. The Morgan fingerprint density at radius 2 is 1.82 bits per heavy atom. The van der Waals surface area contributed by atoms with Gasteiger partial charge in [-0.15, -0.1) is 12.6 Å². The first-order valence-electron chi connectivity index (χ1n) is 7.23. The number of carbonyl (C=O) groups is 1. The number of thiol groups is 1. The molecule has 0 bridgehead atoms. The molecule has 5 nitrogen and oxygen atoms in total. The van der Waals surface area contributed by atoms with E-state index in [0.29, 0.717) is 13.0 Å². The Kier molecular flexibility index (Phi) is 8.48. The van der Waals surface area contributed by atoms with Crippen LogP contribution in [0.15, 0.2) is 24.3 Å². The maximum Gasteiger partial charge on any atom is 0.188 e. The number of aliphatic hydroxyl groups is 2. The lowest BCUT2D eigenvalue weighted by Gasteiger charge is -2.19. The van der Waals surface area contributed by atoms with Crippen molar-refractivity contribution in [3.05, 3.63) is 29.8 Å². The molecular weight excluding hydrogens is 304 g/mol. The molecule has 22 heavy (non-hydrogen) atoms. The molecule has 0 spiro atoms. The Morgan fingerprint density at radius 1 is 1.18 bits per heavy atom. The quantitative estimate of drug-likeness (QED) is 0.572. The standard InChI is InChI=1S/C16H24O5S/c1-11(7-13(17)8-14(18)9-16(19)22)21-10-12-3-5-15(20-2)6-4-12/h3-6,11,13-14,17-18H,7-10H2,1-2H3,(H,19,22). The zero-order chi connectivity index (χ0) is 16.5. The molecule has 124 valence electrons. The second kappa shape index (κ2) is 9.84. The molecule has 0 heterocycles. The molecule has 3 atom stereocenters. The van der Waals surface area contributed by atoms with Gasteiger partial charge < -0.3 is 19.7 Å². The van der Waals surface area contributed by atoms with E-state index in [1.165, 1.54) is 0 Å². The molecule has 6 heteroatoms. The van der Waals surface area contributed by atoms with Gasteiger partial charge in [0.1, 0.15) is 5.75 Å².